The molecule has 1 rings (SSSR count). The summed E-state index contributed by atoms with van der Waals surface area (Å²) in [4.78, 5) is 22.2. The molecule has 7 heteroatoms. The molecule has 0 saturated heterocycles. The van der Waals surface area contributed by atoms with Gasteiger partial charge in [0.15, 0.2) is 11.5 Å². The van der Waals surface area contributed by atoms with Gasteiger partial charge in [-0.05, 0) is 0 Å². The second-order valence-electron chi connectivity index (χ2n) is 3.17. The summed E-state index contributed by atoms with van der Waals surface area (Å²) in [5.41, 5.74) is 0. The van der Waals surface area contributed by atoms with Crippen molar-refractivity contribution in [3.63, 3.8) is 0 Å². The van der Waals surface area contributed by atoms with Crippen LogP contribution in [-0.2, 0) is 9.59 Å². The molecule has 7 nitrogen and oxygen atoms in total. The van der Waals surface area contributed by atoms with Crippen LogP contribution >= 0.6 is 0 Å². The molecule has 0 radical (unpaired) electrons. The molecule has 0 fully saturated rings. The number of carbonyl (C=O) groups excluding carboxylic acids is 2. The fraction of sp³-hybridized carbons (Fsp3) is 0. The van der Waals surface area contributed by atoms with E-state index >= 15 is 0 Å². The van der Waals surface area contributed by atoms with Crippen LogP contribution in [-0.4, -0.2) is 27.3 Å². The molecule has 3 N–H and O–H groups in total. The summed E-state index contributed by atoms with van der Waals surface area (Å²) in [5.74, 6) is -5.62. The predicted octanol–water partition coefficient (Wildman–Crippen LogP) is 0.986. The van der Waals surface area contributed by atoms with E-state index in [1.807, 2.05) is 0 Å². The largest absolute Gasteiger partial charge is 0.504 e. The van der Waals surface area contributed by atoms with Crippen LogP contribution in [0.1, 0.15) is 0 Å². The molecular weight excluding hydrogens is 256 g/mol. The van der Waals surface area contributed by atoms with E-state index in [0.717, 1.165) is 18.2 Å². The number of benzene rings is 1. The normalized spacial score (nSPS) is 9.47. The first-order valence-electron chi connectivity index (χ1n) is 4.87. The molecule has 0 saturated carbocycles. The number of aromatic hydroxyl groups is 3. The Morgan fingerprint density at radius 2 is 1.53 bits per heavy atom. The number of ether oxygens (including phenoxy) is 2. The molecule has 0 aliphatic heterocycles. The average molecular weight is 266 g/mol. The molecule has 1 aromatic carbocycles. The zero-order chi connectivity index (χ0) is 14.6. The molecule has 0 bridgehead atoms. The Morgan fingerprint density at radius 1 is 1.00 bits per heavy atom. The first-order valence-corrected chi connectivity index (χ1v) is 4.87. The quantitative estimate of drug-likeness (QED) is 0.322. The van der Waals surface area contributed by atoms with Gasteiger partial charge < -0.3 is 24.8 Å². The Kier molecular flexibility index (Phi) is 4.15. The number of rotatable bonds is 4. The van der Waals surface area contributed by atoms with Gasteiger partial charge in [0.25, 0.3) is 0 Å². The van der Waals surface area contributed by atoms with Crippen molar-refractivity contribution in [1.29, 1.82) is 0 Å². The van der Waals surface area contributed by atoms with Gasteiger partial charge >= 0.3 is 11.9 Å². The third-order valence-electron chi connectivity index (χ3n) is 1.92. The van der Waals surface area contributed by atoms with Gasteiger partial charge in [0.1, 0.15) is 0 Å². The lowest BCUT2D eigenvalue weighted by Gasteiger charge is -2.12. The number of carbonyl (C=O) groups is 2. The molecule has 0 aliphatic rings. The number of phenols is 3. The van der Waals surface area contributed by atoms with Gasteiger partial charge in [-0.3, -0.25) is 0 Å². The molecule has 0 spiro atoms. The molecule has 0 aliphatic carbocycles. The van der Waals surface area contributed by atoms with E-state index in [1.165, 1.54) is 0 Å². The van der Waals surface area contributed by atoms with E-state index in [2.05, 4.69) is 22.6 Å². The third kappa shape index (κ3) is 3.03. The van der Waals surface area contributed by atoms with E-state index in [4.69, 9.17) is 0 Å². The van der Waals surface area contributed by atoms with E-state index in [9.17, 15) is 24.9 Å². The van der Waals surface area contributed by atoms with Crippen LogP contribution in [0.15, 0.2) is 31.4 Å². The monoisotopic (exact) mass is 266 g/mol. The molecule has 0 aromatic heterocycles. The zero-order valence-corrected chi connectivity index (χ0v) is 9.62. The topological polar surface area (TPSA) is 113 Å². The second-order valence-corrected chi connectivity index (χ2v) is 3.17. The van der Waals surface area contributed by atoms with Gasteiger partial charge in [-0.1, -0.05) is 13.2 Å². The Hall–Kier alpha value is -2.96. The zero-order valence-electron chi connectivity index (χ0n) is 9.62. The minimum Gasteiger partial charge on any atom is -0.504 e. The van der Waals surface area contributed by atoms with E-state index in [-0.39, 0.29) is 0 Å². The SMILES string of the molecule is C=CC(=O)Oc1cc(O)c(O)c(O)c1OC(=O)C=C. The first-order chi connectivity index (χ1) is 8.90. The van der Waals surface area contributed by atoms with Crippen LogP contribution in [0.4, 0.5) is 0 Å². The highest BCUT2D eigenvalue weighted by atomic mass is 16.6. The lowest BCUT2D eigenvalue weighted by Crippen LogP contribution is -2.08. The standard InChI is InChI=1S/C12H10O7/c1-3-8(14)18-7-5-6(13)10(16)11(17)12(7)19-9(15)4-2/h3-5,13,16-17H,1-2H2. The lowest BCUT2D eigenvalue weighted by molar-refractivity contribution is -0.131. The minimum atomic E-state index is -0.962. The number of hydrogen-bond acceptors (Lipinski definition) is 7. The van der Waals surface area contributed by atoms with Crippen LogP contribution in [0.3, 0.4) is 0 Å². The van der Waals surface area contributed by atoms with Gasteiger partial charge in [0.05, 0.1) is 0 Å². The molecule has 0 atom stereocenters. The average Bonchev–Trinajstić information content (AvgIpc) is 2.40. The maximum absolute atomic E-state index is 11.1. The minimum absolute atomic E-state index is 0.465. The highest BCUT2D eigenvalue weighted by Gasteiger charge is 2.22. The van der Waals surface area contributed by atoms with E-state index < -0.39 is 40.7 Å². The van der Waals surface area contributed by atoms with Gasteiger partial charge in [-0.2, -0.15) is 0 Å². The van der Waals surface area contributed by atoms with Crippen molar-refractivity contribution in [1.82, 2.24) is 0 Å². The Labute approximate surface area is 107 Å². The molecule has 0 amide bonds. The van der Waals surface area contributed by atoms with Crippen molar-refractivity contribution in [3.8, 4) is 28.7 Å². The fourth-order valence-electron chi connectivity index (χ4n) is 1.07. The summed E-state index contributed by atoms with van der Waals surface area (Å²) in [7, 11) is 0. The Morgan fingerprint density at radius 3 is 2.05 bits per heavy atom. The van der Waals surface area contributed by atoms with Crippen molar-refractivity contribution in [2.24, 2.45) is 0 Å². The Bertz CT molecular complexity index is 560. The fourth-order valence-corrected chi connectivity index (χ4v) is 1.07. The number of esters is 2. The second kappa shape index (κ2) is 5.58. The van der Waals surface area contributed by atoms with Crippen molar-refractivity contribution in [2.45, 2.75) is 0 Å². The van der Waals surface area contributed by atoms with E-state index in [0.29, 0.717) is 0 Å². The van der Waals surface area contributed by atoms with Crippen molar-refractivity contribution < 1.29 is 34.4 Å². The molecule has 19 heavy (non-hydrogen) atoms. The molecule has 0 heterocycles. The van der Waals surface area contributed by atoms with Crippen LogP contribution in [0.25, 0.3) is 0 Å². The summed E-state index contributed by atoms with van der Waals surface area (Å²) in [6, 6.07) is 0.794. The van der Waals surface area contributed by atoms with Crippen molar-refractivity contribution in [3.05, 3.63) is 31.4 Å². The summed E-state index contributed by atoms with van der Waals surface area (Å²) in [5, 5.41) is 28.2. The highest BCUT2D eigenvalue weighted by molar-refractivity contribution is 5.87. The smallest absolute Gasteiger partial charge is 0.335 e. The van der Waals surface area contributed by atoms with Crippen LogP contribution < -0.4 is 9.47 Å². The van der Waals surface area contributed by atoms with Gasteiger partial charge in [-0.25, -0.2) is 9.59 Å². The molecule has 0 unspecified atom stereocenters. The summed E-state index contributed by atoms with van der Waals surface area (Å²) in [6.07, 6.45) is 1.61. The Balaban J connectivity index is 3.33. The molecule has 100 valence electrons. The first kappa shape index (κ1) is 14.1. The summed E-state index contributed by atoms with van der Waals surface area (Å²) >= 11 is 0. The summed E-state index contributed by atoms with van der Waals surface area (Å²) < 4.78 is 9.27. The van der Waals surface area contributed by atoms with Gasteiger partial charge in [0.2, 0.25) is 17.2 Å². The van der Waals surface area contributed by atoms with E-state index in [1.54, 1.807) is 0 Å². The van der Waals surface area contributed by atoms with Crippen LogP contribution in [0.5, 0.6) is 28.7 Å². The van der Waals surface area contributed by atoms with Crippen molar-refractivity contribution >= 4 is 11.9 Å². The van der Waals surface area contributed by atoms with Crippen LogP contribution in [0.2, 0.25) is 0 Å². The maximum Gasteiger partial charge on any atom is 0.335 e. The van der Waals surface area contributed by atoms with Gasteiger partial charge in [0, 0.05) is 18.2 Å². The van der Waals surface area contributed by atoms with Crippen LogP contribution in [0, 0.1) is 0 Å². The van der Waals surface area contributed by atoms with Crippen molar-refractivity contribution in [2.75, 3.05) is 0 Å². The maximum atomic E-state index is 11.1. The number of hydrogen-bond donors (Lipinski definition) is 3. The predicted molar refractivity (Wildman–Crippen MR) is 63.1 cm³/mol. The number of phenolic OH excluding ortho intramolecular Hbond substituents is 3. The highest BCUT2D eigenvalue weighted by Crippen LogP contribution is 2.48. The lowest BCUT2D eigenvalue weighted by atomic mass is 10.2. The van der Waals surface area contributed by atoms with Gasteiger partial charge in [-0.15, -0.1) is 0 Å². The summed E-state index contributed by atoms with van der Waals surface area (Å²) in [6.45, 7) is 6.29. The molecule has 1 aromatic rings. The molecular formula is C12H10O7. The third-order valence-corrected chi connectivity index (χ3v) is 1.92.